The SMILES string of the molecule is C=C1c2ccccc2NC(=O)N1CC1CCCCC1. The molecule has 0 spiro atoms. The van der Waals surface area contributed by atoms with Gasteiger partial charge in [-0.3, -0.25) is 4.90 Å². The van der Waals surface area contributed by atoms with Crippen molar-refractivity contribution in [3.63, 3.8) is 0 Å². The van der Waals surface area contributed by atoms with E-state index in [1.165, 1.54) is 32.1 Å². The maximum absolute atomic E-state index is 12.2. The van der Waals surface area contributed by atoms with Crippen molar-refractivity contribution < 1.29 is 4.79 Å². The molecule has 1 aromatic carbocycles. The molecule has 0 radical (unpaired) electrons. The van der Waals surface area contributed by atoms with E-state index in [0.29, 0.717) is 5.92 Å². The van der Waals surface area contributed by atoms with Gasteiger partial charge in [-0.2, -0.15) is 0 Å². The fraction of sp³-hybridized carbons (Fsp3) is 0.438. The summed E-state index contributed by atoms with van der Waals surface area (Å²) < 4.78 is 0. The van der Waals surface area contributed by atoms with Crippen molar-refractivity contribution in [3.05, 3.63) is 36.4 Å². The molecule has 1 saturated carbocycles. The zero-order chi connectivity index (χ0) is 13.2. The molecular weight excluding hydrogens is 236 g/mol. The zero-order valence-electron chi connectivity index (χ0n) is 11.2. The molecule has 1 aliphatic carbocycles. The molecule has 1 aliphatic heterocycles. The molecular formula is C16H20N2O. The van der Waals surface area contributed by atoms with Crippen LogP contribution in [0.2, 0.25) is 0 Å². The lowest BCUT2D eigenvalue weighted by atomic mass is 9.88. The van der Waals surface area contributed by atoms with Crippen LogP contribution in [0.1, 0.15) is 37.7 Å². The lowest BCUT2D eigenvalue weighted by Gasteiger charge is -2.34. The quantitative estimate of drug-likeness (QED) is 0.849. The van der Waals surface area contributed by atoms with E-state index in [9.17, 15) is 4.79 Å². The highest BCUT2D eigenvalue weighted by Gasteiger charge is 2.28. The van der Waals surface area contributed by atoms with Gasteiger partial charge >= 0.3 is 6.03 Å². The van der Waals surface area contributed by atoms with Gasteiger partial charge in [0.1, 0.15) is 0 Å². The highest BCUT2D eigenvalue weighted by molar-refractivity contribution is 6.02. The Balaban J connectivity index is 1.79. The summed E-state index contributed by atoms with van der Waals surface area (Å²) in [7, 11) is 0. The van der Waals surface area contributed by atoms with Gasteiger partial charge in [0.05, 0.1) is 5.69 Å². The van der Waals surface area contributed by atoms with E-state index in [0.717, 1.165) is 23.5 Å². The fourth-order valence-electron chi connectivity index (χ4n) is 3.12. The Labute approximate surface area is 114 Å². The summed E-state index contributed by atoms with van der Waals surface area (Å²) in [6.07, 6.45) is 6.40. The van der Waals surface area contributed by atoms with Crippen LogP contribution in [0.3, 0.4) is 0 Å². The minimum Gasteiger partial charge on any atom is -0.307 e. The number of carbonyl (C=O) groups excluding carboxylic acids is 1. The van der Waals surface area contributed by atoms with Gasteiger partial charge in [0.2, 0.25) is 0 Å². The summed E-state index contributed by atoms with van der Waals surface area (Å²) in [5, 5.41) is 2.96. The number of rotatable bonds is 2. The lowest BCUT2D eigenvalue weighted by Crippen LogP contribution is -2.40. The second-order valence-electron chi connectivity index (χ2n) is 5.54. The fourth-order valence-corrected chi connectivity index (χ4v) is 3.12. The number of benzene rings is 1. The molecule has 1 N–H and O–H groups in total. The van der Waals surface area contributed by atoms with Gasteiger partial charge in [0.25, 0.3) is 0 Å². The summed E-state index contributed by atoms with van der Waals surface area (Å²) >= 11 is 0. The second-order valence-corrected chi connectivity index (χ2v) is 5.54. The van der Waals surface area contributed by atoms with Crippen LogP contribution in [-0.4, -0.2) is 17.5 Å². The molecule has 3 rings (SSSR count). The Morgan fingerprint density at radius 3 is 2.74 bits per heavy atom. The van der Waals surface area contributed by atoms with Crippen LogP contribution in [-0.2, 0) is 0 Å². The number of nitrogens with zero attached hydrogens (tertiary/aromatic N) is 1. The molecule has 0 saturated heterocycles. The topological polar surface area (TPSA) is 32.3 Å². The van der Waals surface area contributed by atoms with Gasteiger partial charge in [-0.25, -0.2) is 4.79 Å². The Morgan fingerprint density at radius 1 is 1.21 bits per heavy atom. The van der Waals surface area contributed by atoms with E-state index in [-0.39, 0.29) is 6.03 Å². The lowest BCUT2D eigenvalue weighted by molar-refractivity contribution is 0.216. The monoisotopic (exact) mass is 256 g/mol. The summed E-state index contributed by atoms with van der Waals surface area (Å²) in [5.41, 5.74) is 2.75. The molecule has 2 aliphatic rings. The number of para-hydroxylation sites is 1. The van der Waals surface area contributed by atoms with Crippen LogP contribution in [0.5, 0.6) is 0 Å². The first-order valence-corrected chi connectivity index (χ1v) is 7.12. The van der Waals surface area contributed by atoms with Gasteiger partial charge in [-0.05, 0) is 24.8 Å². The third kappa shape index (κ3) is 2.37. The van der Waals surface area contributed by atoms with Crippen molar-refractivity contribution in [2.45, 2.75) is 32.1 Å². The summed E-state index contributed by atoms with van der Waals surface area (Å²) in [5.74, 6) is 0.626. The Hall–Kier alpha value is -1.77. The third-order valence-corrected chi connectivity index (χ3v) is 4.22. The highest BCUT2D eigenvalue weighted by atomic mass is 16.2. The van der Waals surface area contributed by atoms with Crippen molar-refractivity contribution in [2.75, 3.05) is 11.9 Å². The Bertz CT molecular complexity index is 503. The number of fused-ring (bicyclic) bond motifs is 1. The minimum atomic E-state index is -0.0331. The number of nitrogens with one attached hydrogen (secondary N) is 1. The average molecular weight is 256 g/mol. The van der Waals surface area contributed by atoms with Crippen molar-refractivity contribution in [2.24, 2.45) is 5.92 Å². The Morgan fingerprint density at radius 2 is 1.95 bits per heavy atom. The molecule has 19 heavy (non-hydrogen) atoms. The number of carbonyl (C=O) groups is 1. The number of hydrogen-bond donors (Lipinski definition) is 1. The molecule has 100 valence electrons. The van der Waals surface area contributed by atoms with Gasteiger partial charge in [-0.15, -0.1) is 0 Å². The standard InChI is InChI=1S/C16H20N2O/c1-12-14-9-5-6-10-15(14)17-16(19)18(12)11-13-7-3-2-4-8-13/h5-6,9-10,13H,1-4,7-8,11H2,(H,17,19). The summed E-state index contributed by atoms with van der Waals surface area (Å²) in [6.45, 7) is 4.92. The van der Waals surface area contributed by atoms with Gasteiger partial charge in [0.15, 0.2) is 0 Å². The number of urea groups is 1. The molecule has 2 amide bonds. The van der Waals surface area contributed by atoms with Crippen molar-refractivity contribution >= 4 is 17.4 Å². The van der Waals surface area contributed by atoms with E-state index in [2.05, 4.69) is 11.9 Å². The third-order valence-electron chi connectivity index (χ3n) is 4.22. The molecule has 0 bridgehead atoms. The molecule has 1 fully saturated rings. The van der Waals surface area contributed by atoms with Crippen LogP contribution in [0.15, 0.2) is 30.8 Å². The summed E-state index contributed by atoms with van der Waals surface area (Å²) in [4.78, 5) is 14.0. The van der Waals surface area contributed by atoms with Gasteiger partial charge in [-0.1, -0.05) is 44.0 Å². The maximum Gasteiger partial charge on any atom is 0.326 e. The van der Waals surface area contributed by atoms with Crippen LogP contribution in [0.4, 0.5) is 10.5 Å². The molecule has 0 unspecified atom stereocenters. The summed E-state index contributed by atoms with van der Waals surface area (Å²) in [6, 6.07) is 7.83. The smallest absolute Gasteiger partial charge is 0.307 e. The molecule has 3 heteroatoms. The van der Waals surface area contributed by atoms with Crippen molar-refractivity contribution in [3.8, 4) is 0 Å². The van der Waals surface area contributed by atoms with Crippen molar-refractivity contribution in [1.82, 2.24) is 4.90 Å². The first-order valence-electron chi connectivity index (χ1n) is 7.12. The van der Waals surface area contributed by atoms with Crippen LogP contribution in [0.25, 0.3) is 5.70 Å². The predicted molar refractivity (Wildman–Crippen MR) is 77.8 cm³/mol. The average Bonchev–Trinajstić information content (AvgIpc) is 2.45. The van der Waals surface area contributed by atoms with Crippen LogP contribution < -0.4 is 5.32 Å². The molecule has 0 aromatic heterocycles. The first kappa shape index (κ1) is 12.3. The van der Waals surface area contributed by atoms with Gasteiger partial charge in [0, 0.05) is 17.8 Å². The second kappa shape index (κ2) is 5.08. The van der Waals surface area contributed by atoms with Crippen molar-refractivity contribution in [1.29, 1.82) is 0 Å². The largest absolute Gasteiger partial charge is 0.326 e. The molecule has 3 nitrogen and oxygen atoms in total. The normalized spacial score (nSPS) is 20.1. The molecule has 1 aromatic rings. The van der Waals surface area contributed by atoms with E-state index in [1.54, 1.807) is 0 Å². The number of anilines is 1. The Kier molecular flexibility index (Phi) is 3.28. The molecule has 1 heterocycles. The minimum absolute atomic E-state index is 0.0331. The van der Waals surface area contributed by atoms with E-state index < -0.39 is 0 Å². The van der Waals surface area contributed by atoms with E-state index >= 15 is 0 Å². The number of amides is 2. The van der Waals surface area contributed by atoms with Crippen LogP contribution >= 0.6 is 0 Å². The van der Waals surface area contributed by atoms with E-state index in [1.807, 2.05) is 29.2 Å². The zero-order valence-corrected chi connectivity index (χ0v) is 11.2. The van der Waals surface area contributed by atoms with E-state index in [4.69, 9.17) is 0 Å². The highest BCUT2D eigenvalue weighted by Crippen LogP contribution is 2.33. The maximum atomic E-state index is 12.2. The van der Waals surface area contributed by atoms with Gasteiger partial charge < -0.3 is 5.32 Å². The number of hydrogen-bond acceptors (Lipinski definition) is 1. The first-order chi connectivity index (χ1) is 9.25. The predicted octanol–water partition coefficient (Wildman–Crippen LogP) is 4.09. The molecule has 0 atom stereocenters. The van der Waals surface area contributed by atoms with Crippen LogP contribution in [0, 0.1) is 5.92 Å².